The van der Waals surface area contributed by atoms with E-state index in [1.54, 1.807) is 0 Å². The van der Waals surface area contributed by atoms with E-state index in [1.807, 2.05) is 42.5 Å². The molecule has 1 heterocycles. The van der Waals surface area contributed by atoms with Crippen LogP contribution in [0, 0.1) is 0 Å². The lowest BCUT2D eigenvalue weighted by atomic mass is 10.2. The van der Waals surface area contributed by atoms with Crippen LogP contribution in [0.1, 0.15) is 17.5 Å². The number of halogens is 3. The van der Waals surface area contributed by atoms with Crippen molar-refractivity contribution in [2.24, 2.45) is 0 Å². The van der Waals surface area contributed by atoms with Crippen LogP contribution in [0.4, 0.5) is 4.79 Å². The topological polar surface area (TPSA) is 47.6 Å². The normalized spacial score (nSPS) is 14.3. The molecule has 1 aliphatic rings. The lowest BCUT2D eigenvalue weighted by Crippen LogP contribution is -2.46. The molecule has 5 nitrogen and oxygen atoms in total. The molecule has 30 heavy (non-hydrogen) atoms. The summed E-state index contributed by atoms with van der Waals surface area (Å²) in [6, 6.07) is 17.9. The minimum Gasteiger partial charge on any atom is -0.338 e. The molecular formula is C22H31Cl3N4O. The molecule has 2 N–H and O–H groups in total. The van der Waals surface area contributed by atoms with E-state index in [4.69, 9.17) is 11.6 Å². The number of urea groups is 1. The SMILES string of the molecule is Cl.Cl.O=C(NCCCN1CCN(Cc2ccc(Cl)cc2)CC1)NCc1ccccc1. The van der Waals surface area contributed by atoms with E-state index in [9.17, 15) is 4.79 Å². The van der Waals surface area contributed by atoms with E-state index in [-0.39, 0.29) is 30.8 Å². The first-order valence-corrected chi connectivity index (χ1v) is 10.3. The van der Waals surface area contributed by atoms with Crippen molar-refractivity contribution >= 4 is 42.4 Å². The highest BCUT2D eigenvalue weighted by Gasteiger charge is 2.16. The molecule has 0 aliphatic carbocycles. The van der Waals surface area contributed by atoms with E-state index < -0.39 is 0 Å². The minimum atomic E-state index is -0.100. The summed E-state index contributed by atoms with van der Waals surface area (Å²) in [5.41, 5.74) is 2.41. The van der Waals surface area contributed by atoms with Crippen LogP contribution >= 0.6 is 36.4 Å². The Morgan fingerprint density at radius 2 is 1.47 bits per heavy atom. The number of nitrogens with zero attached hydrogens (tertiary/aromatic N) is 2. The second-order valence-corrected chi connectivity index (χ2v) is 7.63. The third-order valence-electron chi connectivity index (χ3n) is 5.02. The van der Waals surface area contributed by atoms with Crippen LogP contribution in [0.2, 0.25) is 5.02 Å². The van der Waals surface area contributed by atoms with Gasteiger partial charge in [0, 0.05) is 50.8 Å². The van der Waals surface area contributed by atoms with Crippen molar-refractivity contribution < 1.29 is 4.79 Å². The Kier molecular flexibility index (Phi) is 12.8. The highest BCUT2D eigenvalue weighted by molar-refractivity contribution is 6.30. The van der Waals surface area contributed by atoms with Gasteiger partial charge in [-0.3, -0.25) is 4.90 Å². The Bertz CT molecular complexity index is 723. The number of carbonyl (C=O) groups excluding carboxylic acids is 1. The second-order valence-electron chi connectivity index (χ2n) is 7.19. The zero-order valence-electron chi connectivity index (χ0n) is 17.1. The van der Waals surface area contributed by atoms with Gasteiger partial charge < -0.3 is 15.5 Å². The predicted octanol–water partition coefficient (Wildman–Crippen LogP) is 4.19. The average Bonchev–Trinajstić information content (AvgIpc) is 2.73. The first-order valence-electron chi connectivity index (χ1n) is 9.94. The maximum atomic E-state index is 11.9. The lowest BCUT2D eigenvalue weighted by molar-refractivity contribution is 0.126. The smallest absolute Gasteiger partial charge is 0.315 e. The van der Waals surface area contributed by atoms with Crippen LogP contribution in [0.15, 0.2) is 54.6 Å². The molecule has 0 unspecified atom stereocenters. The van der Waals surface area contributed by atoms with Crippen molar-refractivity contribution in [1.29, 1.82) is 0 Å². The number of piperazine rings is 1. The fourth-order valence-corrected chi connectivity index (χ4v) is 3.49. The monoisotopic (exact) mass is 472 g/mol. The first-order chi connectivity index (χ1) is 13.7. The van der Waals surface area contributed by atoms with Crippen molar-refractivity contribution in [3.05, 3.63) is 70.7 Å². The summed E-state index contributed by atoms with van der Waals surface area (Å²) in [7, 11) is 0. The van der Waals surface area contributed by atoms with Crippen molar-refractivity contribution in [1.82, 2.24) is 20.4 Å². The van der Waals surface area contributed by atoms with Gasteiger partial charge in [-0.1, -0.05) is 54.1 Å². The van der Waals surface area contributed by atoms with E-state index in [0.717, 1.165) is 56.3 Å². The van der Waals surface area contributed by atoms with Crippen molar-refractivity contribution in [2.45, 2.75) is 19.5 Å². The van der Waals surface area contributed by atoms with Crippen LogP contribution in [-0.4, -0.2) is 55.1 Å². The van der Waals surface area contributed by atoms with Crippen LogP contribution in [0.5, 0.6) is 0 Å². The number of carbonyl (C=O) groups is 1. The highest BCUT2D eigenvalue weighted by Crippen LogP contribution is 2.13. The third-order valence-corrected chi connectivity index (χ3v) is 5.27. The molecule has 1 aliphatic heterocycles. The van der Waals surface area contributed by atoms with Crippen molar-refractivity contribution in [3.63, 3.8) is 0 Å². The molecule has 1 saturated heterocycles. The van der Waals surface area contributed by atoms with Gasteiger partial charge in [0.2, 0.25) is 0 Å². The molecule has 2 aromatic rings. The zero-order chi connectivity index (χ0) is 19.6. The molecule has 0 bridgehead atoms. The maximum Gasteiger partial charge on any atom is 0.315 e. The number of hydrogen-bond donors (Lipinski definition) is 2. The first kappa shape index (κ1) is 26.5. The fourth-order valence-electron chi connectivity index (χ4n) is 3.36. The van der Waals surface area contributed by atoms with Gasteiger partial charge >= 0.3 is 6.03 Å². The van der Waals surface area contributed by atoms with E-state index >= 15 is 0 Å². The molecule has 166 valence electrons. The largest absolute Gasteiger partial charge is 0.338 e. The summed E-state index contributed by atoms with van der Waals surface area (Å²) in [5.74, 6) is 0. The van der Waals surface area contributed by atoms with Crippen LogP contribution in [-0.2, 0) is 13.1 Å². The van der Waals surface area contributed by atoms with Gasteiger partial charge in [0.15, 0.2) is 0 Å². The summed E-state index contributed by atoms with van der Waals surface area (Å²) < 4.78 is 0. The van der Waals surface area contributed by atoms with Crippen LogP contribution in [0.3, 0.4) is 0 Å². The molecule has 1 fully saturated rings. The summed E-state index contributed by atoms with van der Waals surface area (Å²) in [6.45, 7) is 7.57. The summed E-state index contributed by atoms with van der Waals surface area (Å²) in [5, 5.41) is 6.62. The second kappa shape index (κ2) is 14.5. The number of hydrogen-bond acceptors (Lipinski definition) is 3. The zero-order valence-corrected chi connectivity index (χ0v) is 19.4. The fraction of sp³-hybridized carbons (Fsp3) is 0.409. The van der Waals surface area contributed by atoms with E-state index in [0.29, 0.717) is 13.1 Å². The van der Waals surface area contributed by atoms with E-state index in [1.165, 1.54) is 5.56 Å². The molecular weight excluding hydrogens is 443 g/mol. The third kappa shape index (κ3) is 9.54. The predicted molar refractivity (Wildman–Crippen MR) is 129 cm³/mol. The summed E-state index contributed by atoms with van der Waals surface area (Å²) >= 11 is 5.95. The Morgan fingerprint density at radius 1 is 0.833 bits per heavy atom. The molecule has 0 radical (unpaired) electrons. The quantitative estimate of drug-likeness (QED) is 0.565. The molecule has 3 rings (SSSR count). The minimum absolute atomic E-state index is 0. The van der Waals surface area contributed by atoms with Gasteiger partial charge in [0.05, 0.1) is 0 Å². The number of benzene rings is 2. The highest BCUT2D eigenvalue weighted by atomic mass is 35.5. The van der Waals surface area contributed by atoms with Gasteiger partial charge in [-0.2, -0.15) is 0 Å². The van der Waals surface area contributed by atoms with Gasteiger partial charge in [0.25, 0.3) is 0 Å². The molecule has 8 heteroatoms. The average molecular weight is 474 g/mol. The Labute approximate surface area is 197 Å². The number of rotatable bonds is 8. The van der Waals surface area contributed by atoms with Gasteiger partial charge in [0.1, 0.15) is 0 Å². The van der Waals surface area contributed by atoms with Gasteiger partial charge in [-0.25, -0.2) is 4.79 Å². The van der Waals surface area contributed by atoms with E-state index in [2.05, 4.69) is 32.6 Å². The number of amides is 2. The van der Waals surface area contributed by atoms with Gasteiger partial charge in [-0.05, 0) is 36.2 Å². The summed E-state index contributed by atoms with van der Waals surface area (Å²) in [4.78, 5) is 16.8. The maximum absolute atomic E-state index is 11.9. The molecule has 0 saturated carbocycles. The molecule has 2 amide bonds. The van der Waals surface area contributed by atoms with Crippen molar-refractivity contribution in [2.75, 3.05) is 39.3 Å². The molecule has 0 aromatic heterocycles. The number of nitrogens with one attached hydrogen (secondary N) is 2. The molecule has 0 spiro atoms. The van der Waals surface area contributed by atoms with Crippen LogP contribution < -0.4 is 10.6 Å². The Morgan fingerprint density at radius 3 is 2.13 bits per heavy atom. The van der Waals surface area contributed by atoms with Gasteiger partial charge in [-0.15, -0.1) is 24.8 Å². The molecule has 0 atom stereocenters. The Balaban J connectivity index is 0.00000225. The van der Waals surface area contributed by atoms with Crippen molar-refractivity contribution in [3.8, 4) is 0 Å². The standard InChI is InChI=1S/C22H29ClN4O.2ClH/c23-21-9-7-20(8-10-21)18-27-15-13-26(14-16-27)12-4-11-24-22(28)25-17-19-5-2-1-3-6-19;;/h1-3,5-10H,4,11-18H2,(H2,24,25,28);2*1H. The van der Waals surface area contributed by atoms with Crippen LogP contribution in [0.25, 0.3) is 0 Å². The lowest BCUT2D eigenvalue weighted by Gasteiger charge is -2.34. The Hall–Kier alpha value is -1.50. The summed E-state index contributed by atoms with van der Waals surface area (Å²) in [6.07, 6.45) is 0.968. The molecule has 2 aromatic carbocycles.